The van der Waals surface area contributed by atoms with Crippen molar-refractivity contribution in [3.63, 3.8) is 0 Å². The summed E-state index contributed by atoms with van der Waals surface area (Å²) in [5.74, 6) is 0.369. The molecule has 1 unspecified atom stereocenters. The molecule has 0 fully saturated rings. The quantitative estimate of drug-likeness (QED) is 0.349. The number of nitrogens with zero attached hydrogens (tertiary/aromatic N) is 1. The number of aromatic nitrogens is 1. The van der Waals surface area contributed by atoms with Crippen molar-refractivity contribution >= 4 is 50.9 Å². The summed E-state index contributed by atoms with van der Waals surface area (Å²) in [6, 6.07) is 13.5. The Hall–Kier alpha value is -2.48. The lowest BCUT2D eigenvalue weighted by molar-refractivity contribution is 0.192. The molecule has 0 saturated carbocycles. The van der Waals surface area contributed by atoms with E-state index in [9.17, 15) is 4.79 Å². The summed E-state index contributed by atoms with van der Waals surface area (Å²) in [7, 11) is 0. The SMILES string of the molecule is CC(C)(C)N1C=CC(c2c[nH]c3ccc(NC(=O)Nc4ccc(I)cc4)cc23)CC1. The standard InChI is InChI=1S/C24H27IN4O/c1-24(2,3)29-12-10-16(11-13-29)21-15-26-22-9-8-19(14-20(21)22)28-23(30)27-18-6-4-17(25)5-7-18/h4-10,12,14-16,26H,11,13H2,1-3H3,(H2,27,28,30). The minimum Gasteiger partial charge on any atom is -0.373 e. The second-order valence-corrected chi connectivity index (χ2v) is 9.94. The van der Waals surface area contributed by atoms with Crippen molar-refractivity contribution in [2.45, 2.75) is 38.6 Å². The van der Waals surface area contributed by atoms with E-state index in [1.165, 1.54) is 5.56 Å². The molecular weight excluding hydrogens is 487 g/mol. The van der Waals surface area contributed by atoms with Crippen molar-refractivity contribution in [2.24, 2.45) is 0 Å². The van der Waals surface area contributed by atoms with Crippen LogP contribution in [0.2, 0.25) is 0 Å². The van der Waals surface area contributed by atoms with Crippen LogP contribution in [0.5, 0.6) is 0 Å². The maximum atomic E-state index is 12.4. The Balaban J connectivity index is 1.50. The smallest absolute Gasteiger partial charge is 0.323 e. The number of carbonyl (C=O) groups excluding carboxylic acids is 1. The van der Waals surface area contributed by atoms with Crippen molar-refractivity contribution in [1.82, 2.24) is 9.88 Å². The second kappa shape index (κ2) is 8.34. The predicted molar refractivity (Wildman–Crippen MR) is 133 cm³/mol. The number of urea groups is 1. The van der Waals surface area contributed by atoms with Crippen LogP contribution in [-0.4, -0.2) is 28.0 Å². The molecule has 2 amide bonds. The maximum Gasteiger partial charge on any atom is 0.323 e. The first-order valence-electron chi connectivity index (χ1n) is 10.2. The number of hydrogen-bond acceptors (Lipinski definition) is 2. The van der Waals surface area contributed by atoms with Gasteiger partial charge in [0.2, 0.25) is 0 Å². The summed E-state index contributed by atoms with van der Waals surface area (Å²) >= 11 is 2.24. The molecule has 1 aromatic heterocycles. The van der Waals surface area contributed by atoms with E-state index in [0.717, 1.165) is 38.8 Å². The van der Waals surface area contributed by atoms with Crippen LogP contribution in [0.3, 0.4) is 0 Å². The third kappa shape index (κ3) is 4.64. The number of rotatable bonds is 3. The van der Waals surface area contributed by atoms with E-state index in [1.807, 2.05) is 36.4 Å². The molecule has 1 aliphatic rings. The van der Waals surface area contributed by atoms with Gasteiger partial charge < -0.3 is 20.5 Å². The van der Waals surface area contributed by atoms with E-state index in [2.05, 4.69) is 88.4 Å². The first-order valence-corrected chi connectivity index (χ1v) is 11.3. The van der Waals surface area contributed by atoms with Gasteiger partial charge in [0.05, 0.1) is 0 Å². The summed E-state index contributed by atoms with van der Waals surface area (Å²) in [5, 5.41) is 6.98. The van der Waals surface area contributed by atoms with Gasteiger partial charge in [-0.05, 0) is 104 Å². The zero-order valence-corrected chi connectivity index (χ0v) is 19.7. The number of allylic oxidation sites excluding steroid dienone is 1. The third-order valence-electron chi connectivity index (χ3n) is 5.51. The van der Waals surface area contributed by atoms with Crippen LogP contribution < -0.4 is 10.6 Å². The zero-order chi connectivity index (χ0) is 21.3. The lowest BCUT2D eigenvalue weighted by atomic mass is 9.91. The van der Waals surface area contributed by atoms with E-state index in [1.54, 1.807) is 0 Å². The Morgan fingerprint density at radius 2 is 1.80 bits per heavy atom. The molecule has 3 N–H and O–H groups in total. The fraction of sp³-hybridized carbons (Fsp3) is 0.292. The monoisotopic (exact) mass is 514 g/mol. The number of anilines is 2. The normalized spacial score (nSPS) is 16.7. The Labute approximate surface area is 191 Å². The van der Waals surface area contributed by atoms with Crippen LogP contribution in [-0.2, 0) is 0 Å². The van der Waals surface area contributed by atoms with Crippen LogP contribution in [0.25, 0.3) is 10.9 Å². The van der Waals surface area contributed by atoms with Crippen LogP contribution in [0.15, 0.2) is 60.9 Å². The average molecular weight is 514 g/mol. The Kier molecular flexibility index (Phi) is 5.77. The number of aromatic amines is 1. The minimum absolute atomic E-state index is 0.142. The first-order chi connectivity index (χ1) is 14.3. The van der Waals surface area contributed by atoms with Crippen molar-refractivity contribution in [2.75, 3.05) is 17.2 Å². The Morgan fingerprint density at radius 1 is 1.10 bits per heavy atom. The molecule has 2 aromatic carbocycles. The van der Waals surface area contributed by atoms with E-state index >= 15 is 0 Å². The van der Waals surface area contributed by atoms with Crippen LogP contribution in [0.1, 0.15) is 38.7 Å². The van der Waals surface area contributed by atoms with Crippen LogP contribution in [0.4, 0.5) is 16.2 Å². The number of nitrogens with one attached hydrogen (secondary N) is 3. The number of amides is 2. The van der Waals surface area contributed by atoms with E-state index in [0.29, 0.717) is 5.92 Å². The van der Waals surface area contributed by atoms with Gasteiger partial charge >= 0.3 is 6.03 Å². The number of hydrogen-bond donors (Lipinski definition) is 3. The topological polar surface area (TPSA) is 60.2 Å². The zero-order valence-electron chi connectivity index (χ0n) is 17.5. The molecule has 1 atom stereocenters. The number of halogens is 1. The average Bonchev–Trinajstić information content (AvgIpc) is 3.12. The van der Waals surface area contributed by atoms with Gasteiger partial charge in [0.1, 0.15) is 0 Å². The summed E-state index contributed by atoms with van der Waals surface area (Å²) in [5.41, 5.74) is 4.05. The highest BCUT2D eigenvalue weighted by Gasteiger charge is 2.24. The highest BCUT2D eigenvalue weighted by molar-refractivity contribution is 14.1. The fourth-order valence-electron chi connectivity index (χ4n) is 3.83. The van der Waals surface area contributed by atoms with E-state index in [4.69, 9.17) is 0 Å². The summed E-state index contributed by atoms with van der Waals surface area (Å²) < 4.78 is 1.13. The highest BCUT2D eigenvalue weighted by Crippen LogP contribution is 2.34. The molecule has 0 spiro atoms. The fourth-order valence-corrected chi connectivity index (χ4v) is 4.19. The molecule has 5 nitrogen and oxygen atoms in total. The number of H-pyrrole nitrogens is 1. The molecule has 3 aromatic rings. The second-order valence-electron chi connectivity index (χ2n) is 8.69. The largest absolute Gasteiger partial charge is 0.373 e. The van der Waals surface area contributed by atoms with Gasteiger partial charge in [-0.3, -0.25) is 0 Å². The molecule has 4 rings (SSSR count). The van der Waals surface area contributed by atoms with Crippen molar-refractivity contribution in [1.29, 1.82) is 0 Å². The van der Waals surface area contributed by atoms with Gasteiger partial charge in [-0.1, -0.05) is 6.08 Å². The van der Waals surface area contributed by atoms with Crippen molar-refractivity contribution in [3.8, 4) is 0 Å². The summed E-state index contributed by atoms with van der Waals surface area (Å²) in [6.45, 7) is 7.75. The van der Waals surface area contributed by atoms with E-state index < -0.39 is 0 Å². The van der Waals surface area contributed by atoms with Gasteiger partial charge in [0.25, 0.3) is 0 Å². The molecule has 0 aliphatic carbocycles. The molecule has 2 heterocycles. The van der Waals surface area contributed by atoms with Crippen molar-refractivity contribution < 1.29 is 4.79 Å². The van der Waals surface area contributed by atoms with Crippen molar-refractivity contribution in [3.05, 3.63) is 70.1 Å². The lowest BCUT2D eigenvalue weighted by Crippen LogP contribution is -2.39. The van der Waals surface area contributed by atoms with Crippen LogP contribution in [0, 0.1) is 3.57 Å². The highest BCUT2D eigenvalue weighted by atomic mass is 127. The molecule has 156 valence electrons. The number of fused-ring (bicyclic) bond motifs is 1. The molecule has 0 bridgehead atoms. The molecular formula is C24H27IN4O. The van der Waals surface area contributed by atoms with Gasteiger partial charge in [-0.2, -0.15) is 0 Å². The summed E-state index contributed by atoms with van der Waals surface area (Å²) in [4.78, 5) is 18.2. The summed E-state index contributed by atoms with van der Waals surface area (Å²) in [6.07, 6.45) is 7.69. The minimum atomic E-state index is -0.244. The number of benzene rings is 2. The Bertz CT molecular complexity index is 1080. The molecule has 0 radical (unpaired) electrons. The van der Waals surface area contributed by atoms with Gasteiger partial charge in [-0.25, -0.2) is 4.79 Å². The third-order valence-corrected chi connectivity index (χ3v) is 6.23. The first kappa shape index (κ1) is 20.8. The Morgan fingerprint density at radius 3 is 2.47 bits per heavy atom. The molecule has 0 saturated heterocycles. The van der Waals surface area contributed by atoms with Gasteiger partial charge in [-0.15, -0.1) is 0 Å². The molecule has 6 heteroatoms. The van der Waals surface area contributed by atoms with E-state index in [-0.39, 0.29) is 11.6 Å². The predicted octanol–water partition coefficient (Wildman–Crippen LogP) is 6.52. The van der Waals surface area contributed by atoms with Gasteiger partial charge in [0.15, 0.2) is 0 Å². The van der Waals surface area contributed by atoms with Gasteiger partial charge in [0, 0.05) is 50.0 Å². The van der Waals surface area contributed by atoms with Crippen LogP contribution >= 0.6 is 22.6 Å². The molecule has 30 heavy (non-hydrogen) atoms. The number of carbonyl (C=O) groups is 1. The maximum absolute atomic E-state index is 12.4. The lowest BCUT2D eigenvalue weighted by Gasteiger charge is -2.38. The molecule has 1 aliphatic heterocycles.